The zero-order valence-corrected chi connectivity index (χ0v) is 14.6. The fourth-order valence-corrected chi connectivity index (χ4v) is 5.37. The van der Waals surface area contributed by atoms with E-state index in [2.05, 4.69) is 39.0 Å². The van der Waals surface area contributed by atoms with E-state index in [0.717, 1.165) is 12.8 Å². The molecule has 0 spiro atoms. The summed E-state index contributed by atoms with van der Waals surface area (Å²) in [5.41, 5.74) is 0.363. The molecule has 0 aromatic rings. The summed E-state index contributed by atoms with van der Waals surface area (Å²) >= 11 is 0. The molecule has 0 amide bonds. The maximum absolute atomic E-state index is 12.8. The van der Waals surface area contributed by atoms with Crippen molar-refractivity contribution < 1.29 is 14.7 Å². The Bertz CT molecular complexity index is 600. The standard InChI is InChI=1S/C20H28O3/c1-12(2)13-6-7-15-14(10-13)16(21)11-17-19(15,3)8-5-9-20(17,4)18(22)23/h6-7,10,12,14-15,17H,5,8-9,11H2,1-4H3,(H,22,23)/t14?,15?,17-,19-,20-/m1/s1. The Balaban J connectivity index is 2.02. The van der Waals surface area contributed by atoms with Crippen molar-refractivity contribution >= 4 is 11.8 Å². The molecular weight excluding hydrogens is 288 g/mol. The number of carboxylic acids is 1. The molecule has 0 heterocycles. The van der Waals surface area contributed by atoms with Crippen LogP contribution in [0.4, 0.5) is 0 Å². The minimum absolute atomic E-state index is 0.0604. The van der Waals surface area contributed by atoms with Crippen molar-refractivity contribution in [3.8, 4) is 0 Å². The second kappa shape index (κ2) is 5.32. The van der Waals surface area contributed by atoms with Crippen LogP contribution in [-0.4, -0.2) is 16.9 Å². The summed E-state index contributed by atoms with van der Waals surface area (Å²) in [5, 5.41) is 9.81. The second-order valence-electron chi connectivity index (χ2n) is 8.54. The van der Waals surface area contributed by atoms with Crippen molar-refractivity contribution in [3.05, 3.63) is 23.8 Å². The lowest BCUT2D eigenvalue weighted by atomic mass is 9.45. The van der Waals surface area contributed by atoms with Crippen LogP contribution in [0.3, 0.4) is 0 Å². The van der Waals surface area contributed by atoms with Gasteiger partial charge < -0.3 is 5.11 Å². The molecule has 23 heavy (non-hydrogen) atoms. The molecule has 0 saturated heterocycles. The zero-order valence-electron chi connectivity index (χ0n) is 14.6. The van der Waals surface area contributed by atoms with Crippen molar-refractivity contribution in [1.29, 1.82) is 0 Å². The number of aliphatic carboxylic acids is 1. The molecular formula is C20H28O3. The van der Waals surface area contributed by atoms with Crippen LogP contribution in [0.2, 0.25) is 0 Å². The van der Waals surface area contributed by atoms with Crippen LogP contribution in [0.1, 0.15) is 53.4 Å². The molecule has 1 N–H and O–H groups in total. The SMILES string of the molecule is CC(C)C1=CC2C(=O)C[C@H]3[C@](C)(C(=O)O)CCC[C@]3(C)C2C=C1. The Morgan fingerprint density at radius 2 is 2.00 bits per heavy atom. The topological polar surface area (TPSA) is 54.4 Å². The first-order chi connectivity index (χ1) is 10.7. The van der Waals surface area contributed by atoms with Crippen molar-refractivity contribution in [3.63, 3.8) is 0 Å². The summed E-state index contributed by atoms with van der Waals surface area (Å²) in [6, 6.07) is 0. The lowest BCUT2D eigenvalue weighted by Crippen LogP contribution is -2.57. The Hall–Kier alpha value is -1.38. The molecule has 0 radical (unpaired) electrons. The third kappa shape index (κ3) is 2.31. The average molecular weight is 316 g/mol. The van der Waals surface area contributed by atoms with E-state index in [4.69, 9.17) is 0 Å². The summed E-state index contributed by atoms with van der Waals surface area (Å²) in [7, 11) is 0. The van der Waals surface area contributed by atoms with E-state index < -0.39 is 11.4 Å². The van der Waals surface area contributed by atoms with Gasteiger partial charge in [0.05, 0.1) is 5.41 Å². The molecule has 2 unspecified atom stereocenters. The molecule has 0 aromatic carbocycles. The van der Waals surface area contributed by atoms with Crippen molar-refractivity contribution in [1.82, 2.24) is 0 Å². The number of ketones is 1. The number of allylic oxidation sites excluding steroid dienone is 4. The number of carboxylic acid groups (broad SMARTS) is 1. The molecule has 3 rings (SSSR count). The second-order valence-corrected chi connectivity index (χ2v) is 8.54. The molecule has 3 aliphatic carbocycles. The van der Waals surface area contributed by atoms with Gasteiger partial charge in [-0.15, -0.1) is 0 Å². The molecule has 126 valence electrons. The van der Waals surface area contributed by atoms with Gasteiger partial charge >= 0.3 is 5.97 Å². The van der Waals surface area contributed by atoms with Gasteiger partial charge in [0.2, 0.25) is 0 Å². The fourth-order valence-electron chi connectivity index (χ4n) is 5.37. The van der Waals surface area contributed by atoms with Crippen molar-refractivity contribution in [2.75, 3.05) is 0 Å². The van der Waals surface area contributed by atoms with Crippen LogP contribution in [-0.2, 0) is 9.59 Å². The molecule has 5 atom stereocenters. The largest absolute Gasteiger partial charge is 0.481 e. The molecule has 0 bridgehead atoms. The van der Waals surface area contributed by atoms with Crippen LogP contribution in [0.25, 0.3) is 0 Å². The predicted octanol–water partition coefficient (Wildman–Crippen LogP) is 4.24. The number of rotatable bonds is 2. The van der Waals surface area contributed by atoms with Gasteiger partial charge in [0.15, 0.2) is 0 Å². The van der Waals surface area contributed by atoms with Crippen LogP contribution in [0, 0.1) is 34.5 Å². The van der Waals surface area contributed by atoms with E-state index in [-0.39, 0.29) is 29.0 Å². The maximum Gasteiger partial charge on any atom is 0.309 e. The smallest absolute Gasteiger partial charge is 0.309 e. The van der Waals surface area contributed by atoms with Gasteiger partial charge in [0, 0.05) is 12.3 Å². The van der Waals surface area contributed by atoms with Gasteiger partial charge in [0.1, 0.15) is 5.78 Å². The third-order valence-corrected chi connectivity index (χ3v) is 6.93. The first kappa shape index (κ1) is 16.5. The van der Waals surface area contributed by atoms with Gasteiger partial charge in [-0.05, 0) is 48.5 Å². The van der Waals surface area contributed by atoms with Gasteiger partial charge in [-0.25, -0.2) is 0 Å². The van der Waals surface area contributed by atoms with E-state index in [0.29, 0.717) is 18.8 Å². The lowest BCUT2D eigenvalue weighted by molar-refractivity contribution is -0.168. The lowest BCUT2D eigenvalue weighted by Gasteiger charge is -2.57. The van der Waals surface area contributed by atoms with Gasteiger partial charge in [-0.3, -0.25) is 9.59 Å². The van der Waals surface area contributed by atoms with Crippen molar-refractivity contribution in [2.24, 2.45) is 34.5 Å². The molecule has 2 fully saturated rings. The van der Waals surface area contributed by atoms with E-state index in [1.807, 2.05) is 6.92 Å². The quantitative estimate of drug-likeness (QED) is 0.829. The number of carbonyl (C=O) groups is 2. The van der Waals surface area contributed by atoms with Crippen molar-refractivity contribution in [2.45, 2.75) is 53.4 Å². The number of fused-ring (bicyclic) bond motifs is 3. The number of hydrogen-bond donors (Lipinski definition) is 1. The van der Waals surface area contributed by atoms with Crippen LogP contribution >= 0.6 is 0 Å². The number of Topliss-reactive ketones (excluding diaryl/α,β-unsaturated/α-hetero) is 1. The summed E-state index contributed by atoms with van der Waals surface area (Å²) in [6.45, 7) is 8.38. The van der Waals surface area contributed by atoms with E-state index in [9.17, 15) is 14.7 Å². The highest BCUT2D eigenvalue weighted by Crippen LogP contribution is 2.61. The summed E-state index contributed by atoms with van der Waals surface area (Å²) in [4.78, 5) is 24.8. The minimum atomic E-state index is -0.774. The van der Waals surface area contributed by atoms with E-state index in [1.54, 1.807) is 0 Å². The Kier molecular flexibility index (Phi) is 3.81. The fraction of sp³-hybridized carbons (Fsp3) is 0.700. The molecule has 0 aliphatic heterocycles. The molecule has 0 aromatic heterocycles. The molecule has 3 heteroatoms. The number of hydrogen-bond acceptors (Lipinski definition) is 2. The summed E-state index contributed by atoms with van der Waals surface area (Å²) in [5.74, 6) is -0.0629. The van der Waals surface area contributed by atoms with Gasteiger partial charge in [-0.2, -0.15) is 0 Å². The Morgan fingerprint density at radius 1 is 1.30 bits per heavy atom. The Morgan fingerprint density at radius 3 is 2.61 bits per heavy atom. The highest BCUT2D eigenvalue weighted by molar-refractivity contribution is 5.87. The normalized spacial score (nSPS) is 42.9. The summed E-state index contributed by atoms with van der Waals surface area (Å²) in [6.07, 6.45) is 9.58. The minimum Gasteiger partial charge on any atom is -0.481 e. The first-order valence-electron chi connectivity index (χ1n) is 8.86. The first-order valence-corrected chi connectivity index (χ1v) is 8.86. The van der Waals surface area contributed by atoms with Crippen LogP contribution in [0.15, 0.2) is 23.8 Å². The van der Waals surface area contributed by atoms with E-state index >= 15 is 0 Å². The predicted molar refractivity (Wildman–Crippen MR) is 89.9 cm³/mol. The third-order valence-electron chi connectivity index (χ3n) is 6.93. The van der Waals surface area contributed by atoms with Crippen LogP contribution < -0.4 is 0 Å². The highest BCUT2D eigenvalue weighted by Gasteiger charge is 2.60. The maximum atomic E-state index is 12.8. The highest BCUT2D eigenvalue weighted by atomic mass is 16.4. The van der Waals surface area contributed by atoms with E-state index in [1.165, 1.54) is 5.57 Å². The molecule has 3 nitrogen and oxygen atoms in total. The number of carbonyl (C=O) groups excluding carboxylic acids is 1. The van der Waals surface area contributed by atoms with Gasteiger partial charge in [-0.1, -0.05) is 45.4 Å². The summed E-state index contributed by atoms with van der Waals surface area (Å²) < 4.78 is 0. The Labute approximate surface area is 138 Å². The zero-order chi connectivity index (χ0) is 17.0. The monoisotopic (exact) mass is 316 g/mol. The molecule has 3 aliphatic rings. The average Bonchev–Trinajstić information content (AvgIpc) is 2.49. The molecule has 2 saturated carbocycles. The van der Waals surface area contributed by atoms with Crippen LogP contribution in [0.5, 0.6) is 0 Å². The van der Waals surface area contributed by atoms with Gasteiger partial charge in [0.25, 0.3) is 0 Å².